The number of carbonyl (C=O) groups is 1. The first-order valence-electron chi connectivity index (χ1n) is 6.71. The molecule has 0 saturated heterocycles. The van der Waals surface area contributed by atoms with Gasteiger partial charge in [0.15, 0.2) is 0 Å². The number of carbonyl (C=O) groups excluding carboxylic acids is 1. The Balaban J connectivity index is 2.14. The largest absolute Gasteiger partial charge is 0.385 e. The van der Waals surface area contributed by atoms with Crippen molar-refractivity contribution in [1.82, 2.24) is 5.32 Å². The van der Waals surface area contributed by atoms with Crippen molar-refractivity contribution in [3.05, 3.63) is 29.3 Å². The molecule has 20 heavy (non-hydrogen) atoms. The van der Waals surface area contributed by atoms with Gasteiger partial charge in [-0.1, -0.05) is 6.07 Å². The summed E-state index contributed by atoms with van der Waals surface area (Å²) < 4.78 is 22.5. The Morgan fingerprint density at radius 3 is 2.90 bits per heavy atom. The molecule has 1 aromatic carbocycles. The van der Waals surface area contributed by atoms with Gasteiger partial charge in [-0.05, 0) is 37.5 Å². The van der Waals surface area contributed by atoms with Crippen LogP contribution >= 0.6 is 0 Å². The van der Waals surface area contributed by atoms with Crippen LogP contribution in [0.5, 0.6) is 0 Å². The Hall–Kier alpha value is -1.56. The molecule has 1 aliphatic heterocycles. The SMILES string of the molecule is CC(CS(C)(=O)=O)NC(=O)c1cccc2c1CCCN2. The summed E-state index contributed by atoms with van der Waals surface area (Å²) in [6.45, 7) is 2.62. The standard InChI is InChI=1S/C14H20N2O3S/c1-10(9-20(2,18)19)16-14(17)12-5-3-7-13-11(12)6-4-8-15-13/h3,5,7,10,15H,4,6,8-9H2,1-2H3,(H,16,17). The van der Waals surface area contributed by atoms with Crippen LogP contribution in [0.25, 0.3) is 0 Å². The second-order valence-electron chi connectivity index (χ2n) is 5.33. The number of amides is 1. The van der Waals surface area contributed by atoms with E-state index >= 15 is 0 Å². The Bertz CT molecular complexity index is 611. The smallest absolute Gasteiger partial charge is 0.251 e. The van der Waals surface area contributed by atoms with Gasteiger partial charge in [-0.3, -0.25) is 4.79 Å². The molecule has 1 unspecified atom stereocenters. The molecule has 1 amide bonds. The van der Waals surface area contributed by atoms with Crippen LogP contribution in [0.4, 0.5) is 5.69 Å². The zero-order valence-electron chi connectivity index (χ0n) is 11.8. The van der Waals surface area contributed by atoms with Gasteiger partial charge in [-0.15, -0.1) is 0 Å². The molecule has 0 aromatic heterocycles. The van der Waals surface area contributed by atoms with Crippen molar-refractivity contribution < 1.29 is 13.2 Å². The van der Waals surface area contributed by atoms with E-state index in [1.54, 1.807) is 13.0 Å². The van der Waals surface area contributed by atoms with Crippen molar-refractivity contribution in [2.24, 2.45) is 0 Å². The Morgan fingerprint density at radius 2 is 2.20 bits per heavy atom. The molecule has 0 aliphatic carbocycles. The third-order valence-electron chi connectivity index (χ3n) is 3.27. The monoisotopic (exact) mass is 296 g/mol. The molecule has 110 valence electrons. The predicted octanol–water partition coefficient (Wildman–Crippen LogP) is 1.21. The van der Waals surface area contributed by atoms with Crippen molar-refractivity contribution in [3.8, 4) is 0 Å². The van der Waals surface area contributed by atoms with Crippen LogP contribution in [0, 0.1) is 0 Å². The van der Waals surface area contributed by atoms with Gasteiger partial charge in [0.1, 0.15) is 9.84 Å². The Kier molecular flexibility index (Phi) is 4.32. The minimum atomic E-state index is -3.10. The topological polar surface area (TPSA) is 75.3 Å². The van der Waals surface area contributed by atoms with Crippen LogP contribution in [0.1, 0.15) is 29.3 Å². The van der Waals surface area contributed by atoms with E-state index in [4.69, 9.17) is 0 Å². The molecular formula is C14H20N2O3S. The third-order valence-corrected chi connectivity index (χ3v) is 4.38. The van der Waals surface area contributed by atoms with E-state index in [2.05, 4.69) is 10.6 Å². The molecule has 1 heterocycles. The summed E-state index contributed by atoms with van der Waals surface area (Å²) in [7, 11) is -3.10. The average Bonchev–Trinajstić information content (AvgIpc) is 2.35. The molecule has 1 aliphatic rings. The number of anilines is 1. The van der Waals surface area contributed by atoms with Crippen molar-refractivity contribution in [2.45, 2.75) is 25.8 Å². The van der Waals surface area contributed by atoms with Crippen LogP contribution in [-0.4, -0.2) is 38.9 Å². The average molecular weight is 296 g/mol. The minimum Gasteiger partial charge on any atom is -0.385 e. The van der Waals surface area contributed by atoms with Crippen molar-refractivity contribution in [1.29, 1.82) is 0 Å². The number of sulfone groups is 1. The summed E-state index contributed by atoms with van der Waals surface area (Å²) in [4.78, 5) is 12.3. The van der Waals surface area contributed by atoms with Crippen LogP contribution in [0.3, 0.4) is 0 Å². The lowest BCUT2D eigenvalue weighted by atomic mass is 9.97. The van der Waals surface area contributed by atoms with Crippen LogP contribution < -0.4 is 10.6 Å². The Labute approximate surface area is 119 Å². The molecule has 1 atom stereocenters. The molecule has 0 spiro atoms. The highest BCUT2D eigenvalue weighted by molar-refractivity contribution is 7.90. The van der Waals surface area contributed by atoms with E-state index in [1.165, 1.54) is 6.26 Å². The summed E-state index contributed by atoms with van der Waals surface area (Å²) in [5.41, 5.74) is 2.65. The summed E-state index contributed by atoms with van der Waals surface area (Å²) in [5.74, 6) is -0.256. The molecular weight excluding hydrogens is 276 g/mol. The van der Waals surface area contributed by atoms with E-state index in [9.17, 15) is 13.2 Å². The first-order valence-corrected chi connectivity index (χ1v) is 8.77. The van der Waals surface area contributed by atoms with Crippen molar-refractivity contribution >= 4 is 21.4 Å². The zero-order chi connectivity index (χ0) is 14.8. The summed E-state index contributed by atoms with van der Waals surface area (Å²) in [6.07, 6.45) is 3.03. The molecule has 2 rings (SSSR count). The van der Waals surface area contributed by atoms with Gasteiger partial charge in [0.05, 0.1) is 5.75 Å². The van der Waals surface area contributed by atoms with Gasteiger partial charge in [-0.2, -0.15) is 0 Å². The molecule has 0 radical (unpaired) electrons. The Morgan fingerprint density at radius 1 is 1.45 bits per heavy atom. The maximum absolute atomic E-state index is 12.3. The zero-order valence-corrected chi connectivity index (χ0v) is 12.6. The van der Waals surface area contributed by atoms with E-state index in [0.717, 1.165) is 30.6 Å². The van der Waals surface area contributed by atoms with E-state index in [-0.39, 0.29) is 11.7 Å². The first-order chi connectivity index (χ1) is 9.37. The fraction of sp³-hybridized carbons (Fsp3) is 0.500. The maximum Gasteiger partial charge on any atom is 0.251 e. The molecule has 0 bridgehead atoms. The normalized spacial score (nSPS) is 15.9. The number of hydrogen-bond donors (Lipinski definition) is 2. The molecule has 2 N–H and O–H groups in total. The summed E-state index contributed by atoms with van der Waals surface area (Å²) in [6, 6.07) is 5.19. The van der Waals surface area contributed by atoms with Crippen LogP contribution in [0.2, 0.25) is 0 Å². The van der Waals surface area contributed by atoms with Crippen LogP contribution in [-0.2, 0) is 16.3 Å². The number of rotatable bonds is 4. The predicted molar refractivity (Wildman–Crippen MR) is 79.9 cm³/mol. The van der Waals surface area contributed by atoms with Gasteiger partial charge in [0.25, 0.3) is 5.91 Å². The van der Waals surface area contributed by atoms with E-state index in [1.807, 2.05) is 12.1 Å². The lowest BCUT2D eigenvalue weighted by Gasteiger charge is -2.21. The highest BCUT2D eigenvalue weighted by atomic mass is 32.2. The van der Waals surface area contributed by atoms with Gasteiger partial charge < -0.3 is 10.6 Å². The van der Waals surface area contributed by atoms with Gasteiger partial charge in [0.2, 0.25) is 0 Å². The number of fused-ring (bicyclic) bond motifs is 1. The maximum atomic E-state index is 12.3. The highest BCUT2D eigenvalue weighted by Crippen LogP contribution is 2.25. The molecule has 6 heteroatoms. The van der Waals surface area contributed by atoms with Gasteiger partial charge in [-0.25, -0.2) is 8.42 Å². The molecule has 5 nitrogen and oxygen atoms in total. The van der Waals surface area contributed by atoms with E-state index < -0.39 is 15.9 Å². The van der Waals surface area contributed by atoms with Crippen LogP contribution in [0.15, 0.2) is 18.2 Å². The molecule has 1 aromatic rings. The quantitative estimate of drug-likeness (QED) is 0.875. The highest BCUT2D eigenvalue weighted by Gasteiger charge is 2.19. The fourth-order valence-corrected chi connectivity index (χ4v) is 3.51. The third kappa shape index (κ3) is 3.72. The number of nitrogens with one attached hydrogen (secondary N) is 2. The fourth-order valence-electron chi connectivity index (χ4n) is 2.52. The summed E-state index contributed by atoms with van der Waals surface area (Å²) >= 11 is 0. The summed E-state index contributed by atoms with van der Waals surface area (Å²) in [5, 5.41) is 6.03. The molecule has 0 fully saturated rings. The lowest BCUT2D eigenvalue weighted by Crippen LogP contribution is -2.38. The van der Waals surface area contributed by atoms with E-state index in [0.29, 0.717) is 5.56 Å². The minimum absolute atomic E-state index is 0.0496. The van der Waals surface area contributed by atoms with Crippen molar-refractivity contribution in [3.63, 3.8) is 0 Å². The first kappa shape index (κ1) is 14.8. The van der Waals surface area contributed by atoms with Gasteiger partial charge >= 0.3 is 0 Å². The molecule has 0 saturated carbocycles. The second-order valence-corrected chi connectivity index (χ2v) is 7.51. The number of benzene rings is 1. The van der Waals surface area contributed by atoms with Gasteiger partial charge in [0, 0.05) is 30.1 Å². The second kappa shape index (κ2) is 5.83. The lowest BCUT2D eigenvalue weighted by molar-refractivity contribution is 0.0942. The number of hydrogen-bond acceptors (Lipinski definition) is 4. The van der Waals surface area contributed by atoms with Crippen molar-refractivity contribution in [2.75, 3.05) is 23.9 Å².